The molecular weight excluding hydrogens is 329 g/mol. The zero-order valence-corrected chi connectivity index (χ0v) is 14.7. The van der Waals surface area contributed by atoms with Gasteiger partial charge < -0.3 is 10.6 Å². The van der Waals surface area contributed by atoms with E-state index < -0.39 is 0 Å². The molecule has 0 aliphatic carbocycles. The van der Waals surface area contributed by atoms with Crippen molar-refractivity contribution in [3.05, 3.63) is 83.3 Å². The summed E-state index contributed by atoms with van der Waals surface area (Å²) in [4.78, 5) is 16.4. The van der Waals surface area contributed by atoms with Crippen molar-refractivity contribution in [1.29, 1.82) is 0 Å². The molecule has 4 nitrogen and oxygen atoms in total. The summed E-state index contributed by atoms with van der Waals surface area (Å²) in [5.41, 5.74) is 4.54. The van der Waals surface area contributed by atoms with Gasteiger partial charge in [-0.3, -0.25) is 4.79 Å². The maximum atomic E-state index is 13.2. The van der Waals surface area contributed by atoms with Crippen LogP contribution in [0.25, 0.3) is 0 Å². The van der Waals surface area contributed by atoms with Crippen LogP contribution in [-0.4, -0.2) is 10.9 Å². The quantitative estimate of drug-likeness (QED) is 0.698. The summed E-state index contributed by atoms with van der Waals surface area (Å²) < 4.78 is 13.2. The first-order chi connectivity index (χ1) is 12.5. The van der Waals surface area contributed by atoms with Crippen LogP contribution in [0.4, 0.5) is 21.6 Å². The summed E-state index contributed by atoms with van der Waals surface area (Å²) >= 11 is 0. The Morgan fingerprint density at radius 2 is 1.77 bits per heavy atom. The molecule has 0 radical (unpaired) electrons. The first kappa shape index (κ1) is 17.6. The van der Waals surface area contributed by atoms with E-state index in [9.17, 15) is 9.18 Å². The molecule has 1 aromatic heterocycles. The van der Waals surface area contributed by atoms with Gasteiger partial charge in [0.1, 0.15) is 11.6 Å². The minimum Gasteiger partial charge on any atom is -0.340 e. The van der Waals surface area contributed by atoms with Crippen molar-refractivity contribution in [2.45, 2.75) is 20.3 Å². The third-order valence-corrected chi connectivity index (χ3v) is 3.80. The third kappa shape index (κ3) is 4.89. The van der Waals surface area contributed by atoms with E-state index in [4.69, 9.17) is 0 Å². The lowest BCUT2D eigenvalue weighted by Gasteiger charge is -2.09. The maximum Gasteiger partial charge on any atom is 0.228 e. The van der Waals surface area contributed by atoms with E-state index in [0.29, 0.717) is 17.1 Å². The molecule has 26 heavy (non-hydrogen) atoms. The summed E-state index contributed by atoms with van der Waals surface area (Å²) in [6.45, 7) is 4.09. The summed E-state index contributed by atoms with van der Waals surface area (Å²) in [6, 6.07) is 15.8. The number of aromatic nitrogens is 1. The standard InChI is InChI=1S/C21H20FN3O/c1-14-8-15(2)10-19(9-14)24-20-7-6-18(13-23-20)25-21(26)12-16-4-3-5-17(22)11-16/h3-11,13H,12H2,1-2H3,(H,23,24)(H,25,26). The second-order valence-corrected chi connectivity index (χ2v) is 6.29. The fourth-order valence-electron chi connectivity index (χ4n) is 2.77. The van der Waals surface area contributed by atoms with Crippen molar-refractivity contribution in [3.63, 3.8) is 0 Å². The molecule has 0 aliphatic heterocycles. The van der Waals surface area contributed by atoms with Crippen LogP contribution in [0.2, 0.25) is 0 Å². The summed E-state index contributed by atoms with van der Waals surface area (Å²) in [5, 5.41) is 6.01. The second kappa shape index (κ2) is 7.78. The minimum atomic E-state index is -0.348. The summed E-state index contributed by atoms with van der Waals surface area (Å²) in [6.07, 6.45) is 1.70. The highest BCUT2D eigenvalue weighted by molar-refractivity contribution is 5.92. The Morgan fingerprint density at radius 3 is 2.42 bits per heavy atom. The van der Waals surface area contributed by atoms with E-state index in [1.807, 2.05) is 26.0 Å². The molecule has 0 unspecified atom stereocenters. The van der Waals surface area contributed by atoms with E-state index in [0.717, 1.165) is 5.69 Å². The van der Waals surface area contributed by atoms with Gasteiger partial charge >= 0.3 is 0 Å². The number of carbonyl (C=O) groups is 1. The number of hydrogen-bond acceptors (Lipinski definition) is 3. The molecule has 0 saturated carbocycles. The largest absolute Gasteiger partial charge is 0.340 e. The minimum absolute atomic E-state index is 0.111. The second-order valence-electron chi connectivity index (χ2n) is 6.29. The molecule has 1 amide bonds. The van der Waals surface area contributed by atoms with Gasteiger partial charge in [-0.15, -0.1) is 0 Å². The van der Waals surface area contributed by atoms with Crippen molar-refractivity contribution in [2.75, 3.05) is 10.6 Å². The number of nitrogens with one attached hydrogen (secondary N) is 2. The lowest BCUT2D eigenvalue weighted by molar-refractivity contribution is -0.115. The van der Waals surface area contributed by atoms with E-state index in [-0.39, 0.29) is 18.1 Å². The number of anilines is 3. The normalized spacial score (nSPS) is 10.4. The number of amides is 1. The predicted octanol–water partition coefficient (Wildman–Crippen LogP) is 4.76. The fraction of sp³-hybridized carbons (Fsp3) is 0.143. The van der Waals surface area contributed by atoms with E-state index in [2.05, 4.69) is 21.7 Å². The number of benzene rings is 2. The van der Waals surface area contributed by atoms with Gasteiger partial charge in [0.25, 0.3) is 0 Å². The van der Waals surface area contributed by atoms with Gasteiger partial charge in [0.05, 0.1) is 18.3 Å². The van der Waals surface area contributed by atoms with Crippen molar-refractivity contribution >= 4 is 23.1 Å². The zero-order valence-electron chi connectivity index (χ0n) is 14.7. The van der Waals surface area contributed by atoms with Gasteiger partial charge in [-0.05, 0) is 66.9 Å². The molecule has 0 bridgehead atoms. The van der Waals surface area contributed by atoms with Gasteiger partial charge in [0.2, 0.25) is 5.91 Å². The van der Waals surface area contributed by atoms with Crippen molar-refractivity contribution in [3.8, 4) is 0 Å². The fourth-order valence-corrected chi connectivity index (χ4v) is 2.77. The molecule has 2 N–H and O–H groups in total. The molecule has 5 heteroatoms. The van der Waals surface area contributed by atoms with Gasteiger partial charge in [-0.2, -0.15) is 0 Å². The average molecular weight is 349 g/mol. The van der Waals surface area contributed by atoms with E-state index in [1.54, 1.807) is 30.5 Å². The number of pyridine rings is 1. The lowest BCUT2D eigenvalue weighted by atomic mass is 10.1. The van der Waals surface area contributed by atoms with E-state index >= 15 is 0 Å². The van der Waals surface area contributed by atoms with Gasteiger partial charge in [-0.25, -0.2) is 9.37 Å². The highest BCUT2D eigenvalue weighted by atomic mass is 19.1. The van der Waals surface area contributed by atoms with Crippen LogP contribution in [-0.2, 0) is 11.2 Å². The van der Waals surface area contributed by atoms with Crippen LogP contribution in [0.1, 0.15) is 16.7 Å². The Hall–Kier alpha value is -3.21. The Morgan fingerprint density at radius 1 is 1.00 bits per heavy atom. The first-order valence-corrected chi connectivity index (χ1v) is 8.33. The van der Waals surface area contributed by atoms with Gasteiger partial charge in [0.15, 0.2) is 0 Å². The number of hydrogen-bond donors (Lipinski definition) is 2. The Labute approximate surface area is 152 Å². The summed E-state index contributed by atoms with van der Waals surface area (Å²) in [5.74, 6) is 0.129. The maximum absolute atomic E-state index is 13.2. The third-order valence-electron chi connectivity index (χ3n) is 3.80. The van der Waals surface area contributed by atoms with Crippen LogP contribution in [0.5, 0.6) is 0 Å². The average Bonchev–Trinajstić information content (AvgIpc) is 2.55. The summed E-state index contributed by atoms with van der Waals surface area (Å²) in [7, 11) is 0. The number of rotatable bonds is 5. The monoisotopic (exact) mass is 349 g/mol. The smallest absolute Gasteiger partial charge is 0.228 e. The predicted molar refractivity (Wildman–Crippen MR) is 102 cm³/mol. The van der Waals surface area contributed by atoms with Crippen LogP contribution >= 0.6 is 0 Å². The molecule has 0 fully saturated rings. The Kier molecular flexibility index (Phi) is 5.27. The SMILES string of the molecule is Cc1cc(C)cc(Nc2ccc(NC(=O)Cc3cccc(F)c3)cn2)c1. The molecule has 0 aliphatic rings. The van der Waals surface area contributed by atoms with Crippen LogP contribution in [0.15, 0.2) is 60.8 Å². The Balaban J connectivity index is 1.61. The number of nitrogens with zero attached hydrogens (tertiary/aromatic N) is 1. The van der Waals surface area contributed by atoms with Crippen LogP contribution in [0.3, 0.4) is 0 Å². The first-order valence-electron chi connectivity index (χ1n) is 8.33. The molecule has 0 atom stereocenters. The molecule has 1 heterocycles. The van der Waals surface area contributed by atoms with Crippen LogP contribution in [0, 0.1) is 19.7 Å². The highest BCUT2D eigenvalue weighted by Gasteiger charge is 2.06. The molecular formula is C21H20FN3O. The topological polar surface area (TPSA) is 54.0 Å². The van der Waals surface area contributed by atoms with Crippen molar-refractivity contribution in [2.24, 2.45) is 0 Å². The van der Waals surface area contributed by atoms with E-state index in [1.165, 1.54) is 23.3 Å². The van der Waals surface area contributed by atoms with Crippen molar-refractivity contribution < 1.29 is 9.18 Å². The number of halogens is 1. The molecule has 2 aromatic carbocycles. The molecule has 0 saturated heterocycles. The van der Waals surface area contributed by atoms with Gasteiger partial charge in [-0.1, -0.05) is 18.2 Å². The zero-order chi connectivity index (χ0) is 18.5. The molecule has 3 aromatic rings. The molecule has 132 valence electrons. The molecule has 3 rings (SSSR count). The lowest BCUT2D eigenvalue weighted by Crippen LogP contribution is -2.14. The number of aryl methyl sites for hydroxylation is 2. The molecule has 0 spiro atoms. The Bertz CT molecular complexity index is 903. The van der Waals surface area contributed by atoms with Crippen molar-refractivity contribution in [1.82, 2.24) is 4.98 Å². The van der Waals surface area contributed by atoms with Crippen LogP contribution < -0.4 is 10.6 Å². The highest BCUT2D eigenvalue weighted by Crippen LogP contribution is 2.19. The number of carbonyl (C=O) groups excluding carboxylic acids is 1. The van der Waals surface area contributed by atoms with Gasteiger partial charge in [0, 0.05) is 5.69 Å².